The van der Waals surface area contributed by atoms with Crippen molar-refractivity contribution in [1.29, 1.82) is 0 Å². The minimum Gasteiger partial charge on any atom is -0.383 e. The highest BCUT2D eigenvalue weighted by Gasteiger charge is 2.03. The minimum absolute atomic E-state index is 0.303. The molecule has 0 aliphatic heterocycles. The van der Waals surface area contributed by atoms with Crippen molar-refractivity contribution in [3.05, 3.63) is 51.9 Å². The average molecular weight is 369 g/mol. The number of pyridine rings is 1. The highest BCUT2D eigenvalue weighted by molar-refractivity contribution is 6.33. The number of hydrogen-bond donors (Lipinski definition) is 2. The van der Waals surface area contributed by atoms with Crippen LogP contribution in [-0.4, -0.2) is 28.0 Å². The second-order valence-corrected chi connectivity index (χ2v) is 5.92. The average Bonchev–Trinajstić information content (AvgIpc) is 2.50. The molecule has 0 bridgehead atoms. The largest absolute Gasteiger partial charge is 0.383 e. The number of hydrogen-bond acceptors (Lipinski definition) is 5. The summed E-state index contributed by atoms with van der Waals surface area (Å²) in [6.45, 7) is 1.27. The molecule has 2 heterocycles. The van der Waals surface area contributed by atoms with Gasteiger partial charge < -0.3 is 10.6 Å². The van der Waals surface area contributed by atoms with Crippen LogP contribution < -0.4 is 10.6 Å². The van der Waals surface area contributed by atoms with Crippen LogP contribution in [0.4, 0.5) is 11.6 Å². The van der Waals surface area contributed by atoms with Gasteiger partial charge in [0.15, 0.2) is 0 Å². The van der Waals surface area contributed by atoms with Crippen molar-refractivity contribution in [2.75, 3.05) is 23.7 Å². The molecule has 2 N–H and O–H groups in total. The first-order chi connectivity index (χ1) is 11.1. The van der Waals surface area contributed by atoms with Crippen molar-refractivity contribution in [1.82, 2.24) is 15.0 Å². The summed E-state index contributed by atoms with van der Waals surface area (Å²) < 4.78 is 0. The SMILES string of the molecule is Clc1ccc2c(NCCNc3nc(Cl)cc(Cl)n3)ccnc2c1. The summed E-state index contributed by atoms with van der Waals surface area (Å²) in [5.74, 6) is 0.399. The van der Waals surface area contributed by atoms with Gasteiger partial charge in [-0.25, -0.2) is 9.97 Å². The van der Waals surface area contributed by atoms with E-state index in [-0.39, 0.29) is 0 Å². The molecular weight excluding hydrogens is 357 g/mol. The van der Waals surface area contributed by atoms with Gasteiger partial charge >= 0.3 is 0 Å². The van der Waals surface area contributed by atoms with Crippen LogP contribution in [0.25, 0.3) is 10.9 Å². The van der Waals surface area contributed by atoms with E-state index in [4.69, 9.17) is 34.8 Å². The Labute approximate surface area is 148 Å². The normalized spacial score (nSPS) is 10.7. The number of rotatable bonds is 5. The monoisotopic (exact) mass is 367 g/mol. The summed E-state index contributed by atoms with van der Waals surface area (Å²) in [6, 6.07) is 9.03. The van der Waals surface area contributed by atoms with Crippen LogP contribution >= 0.6 is 34.8 Å². The highest BCUT2D eigenvalue weighted by atomic mass is 35.5. The summed E-state index contributed by atoms with van der Waals surface area (Å²) >= 11 is 17.6. The topological polar surface area (TPSA) is 62.7 Å². The number of anilines is 2. The lowest BCUT2D eigenvalue weighted by atomic mass is 10.2. The quantitative estimate of drug-likeness (QED) is 0.512. The molecule has 0 saturated heterocycles. The van der Waals surface area contributed by atoms with Crippen LogP contribution in [0.15, 0.2) is 36.5 Å². The predicted molar refractivity (Wildman–Crippen MR) is 95.8 cm³/mol. The third-order valence-corrected chi connectivity index (χ3v) is 3.71. The van der Waals surface area contributed by atoms with Crippen molar-refractivity contribution < 1.29 is 0 Å². The van der Waals surface area contributed by atoms with Crippen molar-refractivity contribution in [2.24, 2.45) is 0 Å². The molecule has 23 heavy (non-hydrogen) atoms. The summed E-state index contributed by atoms with van der Waals surface area (Å²) in [5, 5.41) is 8.69. The number of halogens is 3. The maximum absolute atomic E-state index is 5.99. The Balaban J connectivity index is 1.63. The molecular formula is C15H12Cl3N5. The molecule has 118 valence electrons. The molecule has 0 saturated carbocycles. The molecule has 0 aliphatic carbocycles. The van der Waals surface area contributed by atoms with Gasteiger partial charge in [-0.2, -0.15) is 0 Å². The van der Waals surface area contributed by atoms with E-state index in [1.165, 1.54) is 6.07 Å². The van der Waals surface area contributed by atoms with E-state index in [9.17, 15) is 0 Å². The molecule has 0 radical (unpaired) electrons. The fourth-order valence-corrected chi connectivity index (χ4v) is 2.71. The first-order valence-corrected chi connectivity index (χ1v) is 7.97. The molecule has 3 rings (SSSR count). The maximum atomic E-state index is 5.99. The molecule has 0 fully saturated rings. The summed E-state index contributed by atoms with van der Waals surface area (Å²) in [6.07, 6.45) is 1.74. The lowest BCUT2D eigenvalue weighted by Gasteiger charge is -2.10. The van der Waals surface area contributed by atoms with E-state index in [1.807, 2.05) is 24.3 Å². The molecule has 3 aromatic rings. The second-order valence-electron chi connectivity index (χ2n) is 4.71. The van der Waals surface area contributed by atoms with Crippen molar-refractivity contribution >= 4 is 57.3 Å². The number of nitrogens with one attached hydrogen (secondary N) is 2. The highest BCUT2D eigenvalue weighted by Crippen LogP contribution is 2.24. The van der Waals surface area contributed by atoms with Gasteiger partial charge in [0.25, 0.3) is 0 Å². The zero-order valence-corrected chi connectivity index (χ0v) is 14.1. The summed E-state index contributed by atoms with van der Waals surface area (Å²) in [4.78, 5) is 12.4. The molecule has 2 aromatic heterocycles. The Kier molecular flexibility index (Phi) is 5.00. The zero-order chi connectivity index (χ0) is 16.2. The molecule has 0 spiro atoms. The van der Waals surface area contributed by atoms with Gasteiger partial charge in [0.05, 0.1) is 5.52 Å². The third kappa shape index (κ3) is 4.13. The van der Waals surface area contributed by atoms with Crippen LogP contribution in [0, 0.1) is 0 Å². The molecule has 1 aromatic carbocycles. The predicted octanol–water partition coefficient (Wildman–Crippen LogP) is 4.51. The van der Waals surface area contributed by atoms with Crippen molar-refractivity contribution in [2.45, 2.75) is 0 Å². The number of aromatic nitrogens is 3. The van der Waals surface area contributed by atoms with E-state index in [2.05, 4.69) is 25.6 Å². The Morgan fingerprint density at radius 2 is 1.61 bits per heavy atom. The molecule has 8 heteroatoms. The van der Waals surface area contributed by atoms with Crippen LogP contribution in [-0.2, 0) is 0 Å². The van der Waals surface area contributed by atoms with Crippen LogP contribution in [0.3, 0.4) is 0 Å². The Hall–Kier alpha value is -1.82. The van der Waals surface area contributed by atoms with Crippen LogP contribution in [0.1, 0.15) is 0 Å². The van der Waals surface area contributed by atoms with Crippen LogP contribution in [0.2, 0.25) is 15.3 Å². The smallest absolute Gasteiger partial charge is 0.225 e. The summed E-state index contributed by atoms with van der Waals surface area (Å²) in [7, 11) is 0. The van der Waals surface area contributed by atoms with Gasteiger partial charge in [0.1, 0.15) is 10.3 Å². The first kappa shape index (κ1) is 16.1. The zero-order valence-electron chi connectivity index (χ0n) is 11.9. The van der Waals surface area contributed by atoms with Gasteiger partial charge in [0, 0.05) is 41.4 Å². The fraction of sp³-hybridized carbons (Fsp3) is 0.133. The van der Waals surface area contributed by atoms with Gasteiger partial charge in [-0.3, -0.25) is 4.98 Å². The standard InChI is InChI=1S/C15H12Cl3N5/c16-9-1-2-10-11(3-4-19-12(10)7-9)20-5-6-21-15-22-13(17)8-14(18)23-15/h1-4,7-8H,5-6H2,(H,19,20)(H,21,22,23). The molecule has 0 amide bonds. The van der Waals surface area contributed by atoms with E-state index in [0.29, 0.717) is 34.4 Å². The van der Waals surface area contributed by atoms with Gasteiger partial charge in [-0.1, -0.05) is 34.8 Å². The maximum Gasteiger partial charge on any atom is 0.225 e. The second kappa shape index (κ2) is 7.17. The lowest BCUT2D eigenvalue weighted by Crippen LogP contribution is -2.15. The van der Waals surface area contributed by atoms with E-state index in [0.717, 1.165) is 16.6 Å². The van der Waals surface area contributed by atoms with Crippen molar-refractivity contribution in [3.63, 3.8) is 0 Å². The molecule has 0 atom stereocenters. The Morgan fingerprint density at radius 3 is 2.39 bits per heavy atom. The number of benzene rings is 1. The fourth-order valence-electron chi connectivity index (χ4n) is 2.12. The van der Waals surface area contributed by atoms with Crippen LogP contribution in [0.5, 0.6) is 0 Å². The van der Waals surface area contributed by atoms with Gasteiger partial charge in [-0.05, 0) is 24.3 Å². The summed E-state index contributed by atoms with van der Waals surface area (Å²) in [5.41, 5.74) is 1.83. The number of fused-ring (bicyclic) bond motifs is 1. The van der Waals surface area contributed by atoms with E-state index in [1.54, 1.807) is 6.20 Å². The van der Waals surface area contributed by atoms with E-state index >= 15 is 0 Å². The van der Waals surface area contributed by atoms with Crippen molar-refractivity contribution in [3.8, 4) is 0 Å². The molecule has 0 aliphatic rings. The molecule has 0 unspecified atom stereocenters. The lowest BCUT2D eigenvalue weighted by molar-refractivity contribution is 1.03. The first-order valence-electron chi connectivity index (χ1n) is 6.84. The molecule has 5 nitrogen and oxygen atoms in total. The van der Waals surface area contributed by atoms with Gasteiger partial charge in [-0.15, -0.1) is 0 Å². The minimum atomic E-state index is 0.303. The Morgan fingerprint density at radius 1 is 0.870 bits per heavy atom. The van der Waals surface area contributed by atoms with E-state index < -0.39 is 0 Å². The van der Waals surface area contributed by atoms with Gasteiger partial charge in [0.2, 0.25) is 5.95 Å². The number of nitrogens with zero attached hydrogens (tertiary/aromatic N) is 3. The third-order valence-electron chi connectivity index (χ3n) is 3.09. The Bertz CT molecular complexity index is 820.